The van der Waals surface area contributed by atoms with Crippen molar-refractivity contribution in [2.45, 2.75) is 53.0 Å². The number of ketones is 1. The second kappa shape index (κ2) is 7.67. The number of nitrogens with one attached hydrogen (secondary N) is 1. The summed E-state index contributed by atoms with van der Waals surface area (Å²) in [7, 11) is 1.67. The minimum absolute atomic E-state index is 0.301. The Morgan fingerprint density at radius 3 is 2.61 bits per heavy atom. The first-order valence-corrected chi connectivity index (χ1v) is 8.55. The molecule has 1 aromatic rings. The van der Waals surface area contributed by atoms with Gasteiger partial charge in [-0.1, -0.05) is 39.3 Å². The van der Waals surface area contributed by atoms with Crippen molar-refractivity contribution in [3.63, 3.8) is 0 Å². The molecule has 0 unspecified atom stereocenters. The maximum absolute atomic E-state index is 12.2. The molecule has 2 rings (SSSR count). The van der Waals surface area contributed by atoms with Crippen LogP contribution < -0.4 is 10.1 Å². The first-order valence-electron chi connectivity index (χ1n) is 8.55. The van der Waals surface area contributed by atoms with Gasteiger partial charge in [-0.3, -0.25) is 4.79 Å². The van der Waals surface area contributed by atoms with Crippen LogP contribution in [0.2, 0.25) is 0 Å². The highest BCUT2D eigenvalue weighted by Gasteiger charge is 2.33. The summed E-state index contributed by atoms with van der Waals surface area (Å²) in [6.07, 6.45) is 5.69. The standard InChI is InChI=1S/C20H29NO2/c1-5-20(2,3)17-8-11-19(22)16(12-17)14-21-13-15-6-9-18(23-4)10-7-15/h6-7,9-10,14,17,21H,5,8,11-13H2,1-4H3/b16-14+/t17-/m1/s1. The zero-order chi connectivity index (χ0) is 16.9. The monoisotopic (exact) mass is 315 g/mol. The van der Waals surface area contributed by atoms with Gasteiger partial charge in [-0.05, 0) is 41.9 Å². The Morgan fingerprint density at radius 2 is 2.00 bits per heavy atom. The van der Waals surface area contributed by atoms with Gasteiger partial charge >= 0.3 is 0 Å². The van der Waals surface area contributed by atoms with E-state index in [4.69, 9.17) is 4.74 Å². The Kier molecular flexibility index (Phi) is 5.86. The zero-order valence-electron chi connectivity index (χ0n) is 14.8. The van der Waals surface area contributed by atoms with Crippen molar-refractivity contribution in [2.24, 2.45) is 11.3 Å². The predicted octanol–water partition coefficient (Wildman–Crippen LogP) is 4.47. The molecule has 1 aliphatic rings. The highest BCUT2D eigenvalue weighted by Crippen LogP contribution is 2.41. The number of hydrogen-bond acceptors (Lipinski definition) is 3. The van der Waals surface area contributed by atoms with E-state index >= 15 is 0 Å². The van der Waals surface area contributed by atoms with Crippen molar-refractivity contribution in [1.82, 2.24) is 5.32 Å². The van der Waals surface area contributed by atoms with E-state index in [-0.39, 0.29) is 0 Å². The fourth-order valence-corrected chi connectivity index (χ4v) is 3.08. The van der Waals surface area contributed by atoms with E-state index in [1.165, 1.54) is 5.56 Å². The van der Waals surface area contributed by atoms with Gasteiger partial charge in [-0.25, -0.2) is 0 Å². The van der Waals surface area contributed by atoms with E-state index in [0.717, 1.165) is 37.1 Å². The van der Waals surface area contributed by atoms with Gasteiger partial charge in [0.15, 0.2) is 5.78 Å². The number of carbonyl (C=O) groups excluding carboxylic acids is 1. The molecule has 126 valence electrons. The highest BCUT2D eigenvalue weighted by molar-refractivity contribution is 5.96. The van der Waals surface area contributed by atoms with Gasteiger partial charge in [0, 0.05) is 24.7 Å². The highest BCUT2D eigenvalue weighted by atomic mass is 16.5. The quantitative estimate of drug-likeness (QED) is 0.787. The molecule has 0 bridgehead atoms. The summed E-state index contributed by atoms with van der Waals surface area (Å²) in [5.74, 6) is 1.76. The number of carbonyl (C=O) groups is 1. The van der Waals surface area contributed by atoms with Crippen molar-refractivity contribution < 1.29 is 9.53 Å². The lowest BCUT2D eigenvalue weighted by Crippen LogP contribution is -2.30. The Hall–Kier alpha value is -1.77. The number of rotatable bonds is 6. The summed E-state index contributed by atoms with van der Waals surface area (Å²) in [5.41, 5.74) is 2.43. The van der Waals surface area contributed by atoms with Gasteiger partial charge in [-0.15, -0.1) is 0 Å². The van der Waals surface area contributed by atoms with E-state index in [2.05, 4.69) is 26.1 Å². The van der Waals surface area contributed by atoms with Gasteiger partial charge in [0.25, 0.3) is 0 Å². The Labute approximate surface area is 140 Å². The largest absolute Gasteiger partial charge is 0.497 e. The average molecular weight is 315 g/mol. The zero-order valence-corrected chi connectivity index (χ0v) is 14.8. The summed E-state index contributed by atoms with van der Waals surface area (Å²) in [6.45, 7) is 7.59. The molecule has 1 N–H and O–H groups in total. The van der Waals surface area contributed by atoms with E-state index < -0.39 is 0 Å². The van der Waals surface area contributed by atoms with E-state index in [9.17, 15) is 4.79 Å². The molecule has 0 aliphatic heterocycles. The molecular weight excluding hydrogens is 286 g/mol. The van der Waals surface area contributed by atoms with Crippen LogP contribution in [0.1, 0.15) is 52.0 Å². The third-order valence-corrected chi connectivity index (χ3v) is 5.30. The van der Waals surface area contributed by atoms with Crippen molar-refractivity contribution in [2.75, 3.05) is 7.11 Å². The maximum Gasteiger partial charge on any atom is 0.160 e. The molecule has 23 heavy (non-hydrogen) atoms. The first-order chi connectivity index (χ1) is 11.0. The molecule has 1 aliphatic carbocycles. The number of Topliss-reactive ketones (excluding diaryl/α,β-unsaturated/α-hetero) is 1. The molecule has 1 atom stereocenters. The molecule has 0 amide bonds. The number of methoxy groups -OCH3 is 1. The molecule has 0 saturated heterocycles. The van der Waals surface area contributed by atoms with Gasteiger partial charge in [0.2, 0.25) is 0 Å². The Bertz CT molecular complexity index is 558. The average Bonchev–Trinajstić information content (AvgIpc) is 2.57. The third kappa shape index (κ3) is 4.60. The predicted molar refractivity (Wildman–Crippen MR) is 94.3 cm³/mol. The number of hydrogen-bond donors (Lipinski definition) is 1. The van der Waals surface area contributed by atoms with Crippen molar-refractivity contribution in [3.8, 4) is 5.75 Å². The van der Waals surface area contributed by atoms with Crippen LogP contribution in [0.15, 0.2) is 36.0 Å². The van der Waals surface area contributed by atoms with Gasteiger partial charge < -0.3 is 10.1 Å². The van der Waals surface area contributed by atoms with Crippen LogP contribution in [0.4, 0.5) is 0 Å². The fraction of sp³-hybridized carbons (Fsp3) is 0.550. The molecule has 0 radical (unpaired) electrons. The van der Waals surface area contributed by atoms with Crippen LogP contribution in [0.25, 0.3) is 0 Å². The smallest absolute Gasteiger partial charge is 0.160 e. The summed E-state index contributed by atoms with van der Waals surface area (Å²) in [6, 6.07) is 7.98. The molecule has 0 heterocycles. The molecule has 3 heteroatoms. The van der Waals surface area contributed by atoms with E-state index in [1.54, 1.807) is 7.11 Å². The van der Waals surface area contributed by atoms with Crippen molar-refractivity contribution >= 4 is 5.78 Å². The van der Waals surface area contributed by atoms with Gasteiger partial charge in [-0.2, -0.15) is 0 Å². The normalized spacial score (nSPS) is 20.6. The van der Waals surface area contributed by atoms with Crippen molar-refractivity contribution in [3.05, 3.63) is 41.6 Å². The summed E-state index contributed by atoms with van der Waals surface area (Å²) in [5, 5.41) is 3.31. The van der Waals surface area contributed by atoms with Crippen LogP contribution in [0.3, 0.4) is 0 Å². The van der Waals surface area contributed by atoms with Crippen LogP contribution in [0, 0.1) is 11.3 Å². The molecule has 1 fully saturated rings. The van der Waals surface area contributed by atoms with Crippen LogP contribution >= 0.6 is 0 Å². The SMILES string of the molecule is CCC(C)(C)[C@@H]1CCC(=O)/C(=C/NCc2ccc(OC)cc2)C1. The summed E-state index contributed by atoms with van der Waals surface area (Å²) < 4.78 is 5.16. The lowest BCUT2D eigenvalue weighted by Gasteiger charge is -2.36. The number of benzene rings is 1. The van der Waals surface area contributed by atoms with Crippen LogP contribution in [-0.2, 0) is 11.3 Å². The molecule has 1 saturated carbocycles. The molecule has 0 spiro atoms. The fourth-order valence-electron chi connectivity index (χ4n) is 3.08. The van der Waals surface area contributed by atoms with E-state index in [0.29, 0.717) is 23.5 Å². The van der Waals surface area contributed by atoms with Gasteiger partial charge in [0.1, 0.15) is 5.75 Å². The number of ether oxygens (including phenoxy) is 1. The third-order valence-electron chi connectivity index (χ3n) is 5.30. The second-order valence-corrected chi connectivity index (χ2v) is 7.10. The molecule has 1 aromatic carbocycles. The first kappa shape index (κ1) is 17.6. The molecule has 0 aromatic heterocycles. The topological polar surface area (TPSA) is 38.3 Å². The lowest BCUT2D eigenvalue weighted by molar-refractivity contribution is -0.117. The Morgan fingerprint density at radius 1 is 1.30 bits per heavy atom. The van der Waals surface area contributed by atoms with Crippen LogP contribution in [0.5, 0.6) is 5.75 Å². The van der Waals surface area contributed by atoms with Gasteiger partial charge in [0.05, 0.1) is 7.11 Å². The van der Waals surface area contributed by atoms with E-state index in [1.807, 2.05) is 30.5 Å². The summed E-state index contributed by atoms with van der Waals surface area (Å²) in [4.78, 5) is 12.2. The maximum atomic E-state index is 12.2. The van der Waals surface area contributed by atoms with Crippen LogP contribution in [-0.4, -0.2) is 12.9 Å². The lowest BCUT2D eigenvalue weighted by atomic mass is 9.68. The molecular formula is C20H29NO2. The van der Waals surface area contributed by atoms with Crippen molar-refractivity contribution in [1.29, 1.82) is 0 Å². The summed E-state index contributed by atoms with van der Waals surface area (Å²) >= 11 is 0. The Balaban J connectivity index is 1.95. The minimum atomic E-state index is 0.301. The number of allylic oxidation sites excluding steroid dienone is 1. The minimum Gasteiger partial charge on any atom is -0.497 e. The molecule has 3 nitrogen and oxygen atoms in total. The second-order valence-electron chi connectivity index (χ2n) is 7.10.